The van der Waals surface area contributed by atoms with Gasteiger partial charge >= 0.3 is 0 Å². The number of nitrogens with one attached hydrogen (secondary N) is 1. The Morgan fingerprint density at radius 1 is 1.45 bits per heavy atom. The van der Waals surface area contributed by atoms with Crippen LogP contribution in [0.15, 0.2) is 17.0 Å². The van der Waals surface area contributed by atoms with Gasteiger partial charge in [0.25, 0.3) is 0 Å². The van der Waals surface area contributed by atoms with Gasteiger partial charge in [-0.1, -0.05) is 31.9 Å². The highest BCUT2D eigenvalue weighted by atomic mass is 35.5. The highest BCUT2D eigenvalue weighted by Gasteiger charge is 2.38. The number of halogens is 2. The van der Waals surface area contributed by atoms with Gasteiger partial charge in [0.2, 0.25) is 10.0 Å². The van der Waals surface area contributed by atoms with Crippen molar-refractivity contribution in [3.8, 4) is 0 Å². The van der Waals surface area contributed by atoms with Crippen LogP contribution in [0.5, 0.6) is 0 Å². The molecule has 0 heterocycles. The zero-order chi connectivity index (χ0) is 15.1. The smallest absolute Gasteiger partial charge is 0.243 e. The van der Waals surface area contributed by atoms with Crippen molar-refractivity contribution in [2.24, 2.45) is 5.41 Å². The fourth-order valence-corrected chi connectivity index (χ4v) is 4.44. The Morgan fingerprint density at radius 2 is 2.10 bits per heavy atom. The summed E-state index contributed by atoms with van der Waals surface area (Å²) < 4.78 is 41.2. The van der Waals surface area contributed by atoms with Crippen molar-refractivity contribution in [2.75, 3.05) is 5.73 Å². The molecule has 1 fully saturated rings. The predicted molar refractivity (Wildman–Crippen MR) is 77.6 cm³/mol. The summed E-state index contributed by atoms with van der Waals surface area (Å²) in [5, 5.41) is 0.0926. The van der Waals surface area contributed by atoms with Gasteiger partial charge < -0.3 is 5.73 Å². The van der Waals surface area contributed by atoms with Crippen molar-refractivity contribution in [2.45, 2.75) is 44.0 Å². The molecule has 0 aromatic heterocycles. The Hall–Kier alpha value is -0.850. The first-order chi connectivity index (χ1) is 9.13. The molecule has 1 unspecified atom stereocenters. The molecule has 1 saturated carbocycles. The van der Waals surface area contributed by atoms with Gasteiger partial charge in [0, 0.05) is 11.1 Å². The fourth-order valence-electron chi connectivity index (χ4n) is 2.58. The molecule has 0 radical (unpaired) electrons. The Balaban J connectivity index is 2.37. The second-order valence-electron chi connectivity index (χ2n) is 5.86. The lowest BCUT2D eigenvalue weighted by Crippen LogP contribution is -2.41. The van der Waals surface area contributed by atoms with Gasteiger partial charge in [0.15, 0.2) is 5.82 Å². The van der Waals surface area contributed by atoms with E-state index in [0.29, 0.717) is 0 Å². The van der Waals surface area contributed by atoms with E-state index in [0.717, 1.165) is 25.3 Å². The van der Waals surface area contributed by atoms with Crippen molar-refractivity contribution in [1.29, 1.82) is 0 Å². The van der Waals surface area contributed by atoms with Crippen LogP contribution < -0.4 is 10.5 Å². The van der Waals surface area contributed by atoms with Crippen molar-refractivity contribution in [3.05, 3.63) is 23.0 Å². The van der Waals surface area contributed by atoms with Crippen molar-refractivity contribution in [3.63, 3.8) is 0 Å². The van der Waals surface area contributed by atoms with E-state index in [1.165, 1.54) is 6.07 Å². The van der Waals surface area contributed by atoms with E-state index in [1.807, 2.05) is 13.8 Å². The minimum Gasteiger partial charge on any atom is -0.396 e. The predicted octanol–water partition coefficient (Wildman–Crippen LogP) is 2.92. The summed E-state index contributed by atoms with van der Waals surface area (Å²) in [6.45, 7) is 3.99. The van der Waals surface area contributed by atoms with E-state index in [1.54, 1.807) is 0 Å². The summed E-state index contributed by atoms with van der Waals surface area (Å²) in [6.07, 6.45) is 2.62. The molecule has 0 saturated heterocycles. The Kier molecular flexibility index (Phi) is 4.01. The van der Waals surface area contributed by atoms with Gasteiger partial charge in [-0.3, -0.25) is 0 Å². The lowest BCUT2D eigenvalue weighted by Gasteiger charge is -2.27. The van der Waals surface area contributed by atoms with Crippen molar-refractivity contribution in [1.82, 2.24) is 4.72 Å². The molecule has 20 heavy (non-hydrogen) atoms. The maximum absolute atomic E-state index is 13.9. The molecule has 3 N–H and O–H groups in total. The second-order valence-corrected chi connectivity index (χ2v) is 7.98. The molecule has 4 nitrogen and oxygen atoms in total. The second kappa shape index (κ2) is 5.16. The van der Waals surface area contributed by atoms with Crippen LogP contribution in [0.25, 0.3) is 0 Å². The summed E-state index contributed by atoms with van der Waals surface area (Å²) in [4.78, 5) is -0.495. The van der Waals surface area contributed by atoms with E-state index in [2.05, 4.69) is 4.72 Å². The van der Waals surface area contributed by atoms with Crippen molar-refractivity contribution >= 4 is 27.3 Å². The molecule has 0 bridgehead atoms. The molecule has 1 aliphatic carbocycles. The number of rotatable bonds is 3. The van der Waals surface area contributed by atoms with Crippen LogP contribution in [0.2, 0.25) is 5.02 Å². The molecule has 1 aliphatic rings. The molecular formula is C13H18ClFN2O2S. The topological polar surface area (TPSA) is 72.2 Å². The van der Waals surface area contributed by atoms with E-state index >= 15 is 0 Å². The van der Waals surface area contributed by atoms with Gasteiger partial charge in [-0.25, -0.2) is 17.5 Å². The first kappa shape index (κ1) is 15.5. The lowest BCUT2D eigenvalue weighted by atomic mass is 9.88. The summed E-state index contributed by atoms with van der Waals surface area (Å²) >= 11 is 5.76. The monoisotopic (exact) mass is 320 g/mol. The third kappa shape index (κ3) is 2.92. The number of nitrogens with two attached hydrogens (primary N) is 1. The summed E-state index contributed by atoms with van der Waals surface area (Å²) in [5.74, 6) is -0.960. The summed E-state index contributed by atoms with van der Waals surface area (Å²) in [6, 6.07) is 2.06. The van der Waals surface area contributed by atoms with Gasteiger partial charge in [0.05, 0.1) is 5.69 Å². The first-order valence-electron chi connectivity index (χ1n) is 6.40. The zero-order valence-electron chi connectivity index (χ0n) is 11.4. The number of hydrogen-bond acceptors (Lipinski definition) is 3. The van der Waals surface area contributed by atoms with Crippen LogP contribution >= 0.6 is 11.6 Å². The molecule has 1 atom stereocenters. The number of nitrogen functional groups attached to an aromatic ring is 1. The van der Waals surface area contributed by atoms with E-state index in [4.69, 9.17) is 17.3 Å². The van der Waals surface area contributed by atoms with Crippen LogP contribution in [0.3, 0.4) is 0 Å². The van der Waals surface area contributed by atoms with Crippen LogP contribution in [0.1, 0.15) is 33.1 Å². The van der Waals surface area contributed by atoms with Gasteiger partial charge in [-0.15, -0.1) is 0 Å². The van der Waals surface area contributed by atoms with Crippen LogP contribution in [-0.2, 0) is 10.0 Å². The molecule has 0 amide bonds. The first-order valence-corrected chi connectivity index (χ1v) is 8.26. The maximum atomic E-state index is 13.9. The fraction of sp³-hybridized carbons (Fsp3) is 0.538. The number of sulfonamides is 1. The number of hydrogen-bond donors (Lipinski definition) is 2. The van der Waals surface area contributed by atoms with Crippen molar-refractivity contribution < 1.29 is 12.8 Å². The molecule has 1 aromatic carbocycles. The van der Waals surface area contributed by atoms with Crippen LogP contribution in [-0.4, -0.2) is 14.5 Å². The average molecular weight is 321 g/mol. The SMILES string of the molecule is CC1(C)CCCC1NS(=O)(=O)c1cc(Cl)cc(N)c1F. The van der Waals surface area contributed by atoms with Gasteiger partial charge in [0.1, 0.15) is 4.90 Å². The number of benzene rings is 1. The molecule has 0 spiro atoms. The molecule has 2 rings (SSSR count). The standard InChI is InChI=1S/C13H18ClFN2O2S/c1-13(2)5-3-4-11(13)17-20(18,19)10-7-8(14)6-9(16)12(10)15/h6-7,11,17H,3-5,16H2,1-2H3. The summed E-state index contributed by atoms with van der Waals surface area (Å²) in [5.41, 5.74) is 5.01. The quantitative estimate of drug-likeness (QED) is 0.841. The third-order valence-corrected chi connectivity index (χ3v) is 5.57. The highest BCUT2D eigenvalue weighted by molar-refractivity contribution is 7.89. The molecular weight excluding hydrogens is 303 g/mol. The van der Waals surface area contributed by atoms with Gasteiger partial charge in [-0.2, -0.15) is 0 Å². The minimum absolute atomic E-state index is 0.0926. The Labute approximate surface area is 123 Å². The minimum atomic E-state index is -3.98. The third-order valence-electron chi connectivity index (χ3n) is 3.88. The van der Waals surface area contributed by atoms with Crippen LogP contribution in [0, 0.1) is 11.2 Å². The summed E-state index contributed by atoms with van der Waals surface area (Å²) in [7, 11) is -3.98. The number of anilines is 1. The molecule has 0 aliphatic heterocycles. The molecule has 112 valence electrons. The Morgan fingerprint density at radius 3 is 2.65 bits per heavy atom. The van der Waals surface area contributed by atoms with Gasteiger partial charge in [-0.05, 0) is 30.4 Å². The maximum Gasteiger partial charge on any atom is 0.243 e. The normalized spacial score (nSPS) is 22.1. The Bertz CT molecular complexity index is 632. The van der Waals surface area contributed by atoms with Crippen LogP contribution in [0.4, 0.5) is 10.1 Å². The lowest BCUT2D eigenvalue weighted by molar-refractivity contribution is 0.312. The van der Waals surface area contributed by atoms with E-state index < -0.39 is 20.7 Å². The zero-order valence-corrected chi connectivity index (χ0v) is 13.0. The van der Waals surface area contributed by atoms with E-state index in [-0.39, 0.29) is 22.2 Å². The average Bonchev–Trinajstić information content (AvgIpc) is 2.62. The largest absolute Gasteiger partial charge is 0.396 e. The molecule has 1 aromatic rings. The molecule has 7 heteroatoms. The highest BCUT2D eigenvalue weighted by Crippen LogP contribution is 2.38. The van der Waals surface area contributed by atoms with E-state index in [9.17, 15) is 12.8 Å².